The summed E-state index contributed by atoms with van der Waals surface area (Å²) in [5, 5.41) is 3.82. The van der Waals surface area contributed by atoms with Gasteiger partial charge >= 0.3 is 0 Å². The van der Waals surface area contributed by atoms with Gasteiger partial charge < -0.3 is 5.32 Å². The lowest BCUT2D eigenvalue weighted by Gasteiger charge is -2.21. The molecular weight excluding hydrogens is 218 g/mol. The van der Waals surface area contributed by atoms with Gasteiger partial charge in [-0.1, -0.05) is 6.92 Å². The van der Waals surface area contributed by atoms with Crippen molar-refractivity contribution in [2.45, 2.75) is 58.4 Å². The third-order valence-corrected chi connectivity index (χ3v) is 5.67. The molecule has 0 aromatic carbocycles. The van der Waals surface area contributed by atoms with Crippen LogP contribution in [0.1, 0.15) is 52.4 Å². The van der Waals surface area contributed by atoms with Crippen molar-refractivity contribution in [2.24, 2.45) is 29.6 Å². The van der Waals surface area contributed by atoms with Crippen LogP contribution < -0.4 is 5.32 Å². The minimum absolute atomic E-state index is 0.768. The highest BCUT2D eigenvalue weighted by Crippen LogP contribution is 2.70. The predicted octanol–water partition coefficient (Wildman–Crippen LogP) is 3.45. The molecule has 2 bridgehead atoms. The largest absolute Gasteiger partial charge is 0.314 e. The first-order valence-corrected chi connectivity index (χ1v) is 7.99. The maximum absolute atomic E-state index is 3.82. The van der Waals surface area contributed by atoms with Gasteiger partial charge in [-0.25, -0.2) is 0 Å². The van der Waals surface area contributed by atoms with E-state index in [4.69, 9.17) is 0 Å². The number of rotatable bonds is 6. The molecule has 0 aromatic heterocycles. The van der Waals surface area contributed by atoms with Gasteiger partial charge in [-0.2, -0.15) is 0 Å². The molecule has 5 atom stereocenters. The molecule has 18 heavy (non-hydrogen) atoms. The standard InChI is InChI=1S/C17H27N/c1-3-5-6-7-14(18-10-4-2)17-15-12-8-9-13(11-12)16(15)17/h12-18H,4,6-11H2,1-2H3. The van der Waals surface area contributed by atoms with Gasteiger partial charge in [0, 0.05) is 12.5 Å². The van der Waals surface area contributed by atoms with Crippen LogP contribution in [0.2, 0.25) is 0 Å². The first kappa shape index (κ1) is 12.5. The Morgan fingerprint density at radius 2 is 1.94 bits per heavy atom. The van der Waals surface area contributed by atoms with E-state index in [2.05, 4.69) is 24.1 Å². The summed E-state index contributed by atoms with van der Waals surface area (Å²) in [5.41, 5.74) is 0. The Hall–Kier alpha value is -0.480. The molecule has 0 heterocycles. The van der Waals surface area contributed by atoms with Crippen molar-refractivity contribution in [1.82, 2.24) is 5.32 Å². The van der Waals surface area contributed by atoms with E-state index in [1.165, 1.54) is 32.2 Å². The molecule has 0 spiro atoms. The van der Waals surface area contributed by atoms with Crippen LogP contribution in [0.5, 0.6) is 0 Å². The zero-order chi connectivity index (χ0) is 12.5. The monoisotopic (exact) mass is 245 g/mol. The summed E-state index contributed by atoms with van der Waals surface area (Å²) in [5.74, 6) is 11.7. The third kappa shape index (κ3) is 2.10. The summed E-state index contributed by atoms with van der Waals surface area (Å²) in [7, 11) is 0. The average molecular weight is 245 g/mol. The highest BCUT2D eigenvalue weighted by Gasteiger charge is 2.66. The van der Waals surface area contributed by atoms with Gasteiger partial charge in [0.2, 0.25) is 0 Å². The fourth-order valence-electron chi connectivity index (χ4n) is 5.04. The Labute approximate surface area is 112 Å². The predicted molar refractivity (Wildman–Crippen MR) is 76.1 cm³/mol. The quantitative estimate of drug-likeness (QED) is 0.707. The zero-order valence-corrected chi connectivity index (χ0v) is 11.9. The Kier molecular flexibility index (Phi) is 3.66. The highest BCUT2D eigenvalue weighted by atomic mass is 14.9. The van der Waals surface area contributed by atoms with Crippen molar-refractivity contribution in [3.8, 4) is 11.8 Å². The van der Waals surface area contributed by atoms with Crippen molar-refractivity contribution in [2.75, 3.05) is 6.54 Å². The lowest BCUT2D eigenvalue weighted by Crippen LogP contribution is -2.33. The molecule has 1 N–H and O–H groups in total. The number of hydrogen-bond donors (Lipinski definition) is 1. The molecular formula is C17H27N. The van der Waals surface area contributed by atoms with Crippen molar-refractivity contribution < 1.29 is 0 Å². The van der Waals surface area contributed by atoms with E-state index in [-0.39, 0.29) is 0 Å². The fraction of sp³-hybridized carbons (Fsp3) is 0.882. The van der Waals surface area contributed by atoms with Crippen LogP contribution in [0.15, 0.2) is 0 Å². The van der Waals surface area contributed by atoms with E-state index in [0.29, 0.717) is 0 Å². The molecule has 1 nitrogen and oxygen atoms in total. The minimum Gasteiger partial charge on any atom is -0.314 e. The van der Waals surface area contributed by atoms with Gasteiger partial charge in [0.15, 0.2) is 0 Å². The molecule has 3 saturated carbocycles. The summed E-state index contributed by atoms with van der Waals surface area (Å²) in [6.07, 6.45) is 8.27. The molecule has 0 amide bonds. The van der Waals surface area contributed by atoms with Crippen molar-refractivity contribution >= 4 is 0 Å². The lowest BCUT2D eigenvalue weighted by molar-refractivity contribution is 0.351. The molecule has 100 valence electrons. The molecule has 3 rings (SSSR count). The van der Waals surface area contributed by atoms with E-state index in [1.54, 1.807) is 6.42 Å². The first-order chi connectivity index (χ1) is 8.86. The van der Waals surface area contributed by atoms with E-state index >= 15 is 0 Å². The topological polar surface area (TPSA) is 12.0 Å². The number of fused-ring (bicyclic) bond motifs is 5. The molecule has 1 heteroatoms. The van der Waals surface area contributed by atoms with Crippen LogP contribution >= 0.6 is 0 Å². The number of nitrogens with one attached hydrogen (secondary N) is 1. The smallest absolute Gasteiger partial charge is 0.0110 e. The summed E-state index contributed by atoms with van der Waals surface area (Å²) in [6.45, 7) is 5.42. The molecule has 3 aliphatic carbocycles. The zero-order valence-electron chi connectivity index (χ0n) is 11.9. The number of hydrogen-bond acceptors (Lipinski definition) is 1. The fourth-order valence-corrected chi connectivity index (χ4v) is 5.04. The van der Waals surface area contributed by atoms with Crippen LogP contribution in [-0.2, 0) is 0 Å². The van der Waals surface area contributed by atoms with Crippen LogP contribution in [0, 0.1) is 41.4 Å². The van der Waals surface area contributed by atoms with Crippen LogP contribution in [0.3, 0.4) is 0 Å². The normalized spacial score (nSPS) is 41.1. The average Bonchev–Trinajstić information content (AvgIpc) is 2.81. The van der Waals surface area contributed by atoms with E-state index in [9.17, 15) is 0 Å². The molecule has 0 radical (unpaired) electrons. The maximum atomic E-state index is 3.82. The highest BCUT2D eigenvalue weighted by molar-refractivity contribution is 5.16. The minimum atomic E-state index is 0.768. The SMILES string of the molecule is CC#CCCC(NCCC)C1C2C3CCC(C3)C21. The van der Waals surface area contributed by atoms with Crippen LogP contribution in [-0.4, -0.2) is 12.6 Å². The van der Waals surface area contributed by atoms with Gasteiger partial charge in [-0.3, -0.25) is 0 Å². The maximum Gasteiger partial charge on any atom is 0.0110 e. The summed E-state index contributed by atoms with van der Waals surface area (Å²) in [4.78, 5) is 0. The van der Waals surface area contributed by atoms with E-state index in [1.807, 2.05) is 6.92 Å². The molecule has 0 aliphatic heterocycles. The Bertz CT molecular complexity index is 334. The molecule has 0 saturated heterocycles. The van der Waals surface area contributed by atoms with Crippen LogP contribution in [0.4, 0.5) is 0 Å². The van der Waals surface area contributed by atoms with Crippen molar-refractivity contribution in [1.29, 1.82) is 0 Å². The Morgan fingerprint density at radius 1 is 1.22 bits per heavy atom. The molecule has 3 fully saturated rings. The van der Waals surface area contributed by atoms with Crippen LogP contribution in [0.25, 0.3) is 0 Å². The third-order valence-electron chi connectivity index (χ3n) is 5.67. The molecule has 0 aromatic rings. The summed E-state index contributed by atoms with van der Waals surface area (Å²) < 4.78 is 0. The van der Waals surface area contributed by atoms with Gasteiger partial charge in [0.1, 0.15) is 0 Å². The second-order valence-electron chi connectivity index (χ2n) is 6.59. The summed E-state index contributed by atoms with van der Waals surface area (Å²) >= 11 is 0. The van der Waals surface area contributed by atoms with Gasteiger partial charge in [0.25, 0.3) is 0 Å². The Morgan fingerprint density at radius 3 is 2.56 bits per heavy atom. The second kappa shape index (κ2) is 5.25. The molecule has 5 unspecified atom stereocenters. The van der Waals surface area contributed by atoms with E-state index in [0.717, 1.165) is 42.1 Å². The van der Waals surface area contributed by atoms with Crippen molar-refractivity contribution in [3.63, 3.8) is 0 Å². The lowest BCUT2D eigenvalue weighted by atomic mass is 9.94. The van der Waals surface area contributed by atoms with Gasteiger partial charge in [-0.05, 0) is 75.2 Å². The summed E-state index contributed by atoms with van der Waals surface area (Å²) in [6, 6.07) is 0.768. The first-order valence-electron chi connectivity index (χ1n) is 7.99. The second-order valence-corrected chi connectivity index (χ2v) is 6.59. The Balaban J connectivity index is 1.57. The molecule has 3 aliphatic rings. The van der Waals surface area contributed by atoms with E-state index < -0.39 is 0 Å². The van der Waals surface area contributed by atoms with Gasteiger partial charge in [-0.15, -0.1) is 11.8 Å². The van der Waals surface area contributed by atoms with Gasteiger partial charge in [0.05, 0.1) is 0 Å². The van der Waals surface area contributed by atoms with Crippen molar-refractivity contribution in [3.05, 3.63) is 0 Å².